The van der Waals surface area contributed by atoms with Gasteiger partial charge in [0.2, 0.25) is 0 Å². The van der Waals surface area contributed by atoms with Gasteiger partial charge in [-0.1, -0.05) is 11.8 Å². The fourth-order valence-corrected chi connectivity index (χ4v) is 4.67. The van der Waals surface area contributed by atoms with Crippen LogP contribution in [0.15, 0.2) is 16.3 Å². The topological polar surface area (TPSA) is 25.3 Å². The van der Waals surface area contributed by atoms with Crippen molar-refractivity contribution in [2.45, 2.75) is 53.2 Å². The molecule has 1 fully saturated rings. The molecule has 4 unspecified atom stereocenters. The van der Waals surface area contributed by atoms with Crippen molar-refractivity contribution in [1.82, 2.24) is 19.6 Å². The number of nitrogens with zero attached hydrogens (tertiary/aromatic N) is 5. The van der Waals surface area contributed by atoms with Crippen molar-refractivity contribution in [2.75, 3.05) is 60.9 Å². The molecule has 4 atom stereocenters. The predicted molar refractivity (Wildman–Crippen MR) is 133 cm³/mol. The Hall–Kier alpha value is -1.79. The van der Waals surface area contributed by atoms with Gasteiger partial charge in [0.1, 0.15) is 6.17 Å². The van der Waals surface area contributed by atoms with Crippen molar-refractivity contribution in [3.05, 3.63) is 11.3 Å². The van der Waals surface area contributed by atoms with E-state index in [-0.39, 0.29) is 12.1 Å². The Labute approximate surface area is 191 Å². The van der Waals surface area contributed by atoms with Crippen LogP contribution >= 0.6 is 0 Å². The second-order valence-corrected chi connectivity index (χ2v) is 9.54. The Morgan fingerprint density at radius 2 is 1.77 bits per heavy atom. The molecule has 2 rings (SSSR count). The molecule has 0 saturated carbocycles. The monoisotopic (exact) mass is 425 g/mol. The largest absolute Gasteiger partial charge is 0.372 e. The minimum atomic E-state index is -0.397. The zero-order valence-electron chi connectivity index (χ0n) is 21.3. The van der Waals surface area contributed by atoms with E-state index in [2.05, 4.69) is 98.5 Å². The second kappa shape index (κ2) is 11.2. The molecule has 0 amide bonds. The number of aliphatic imine (C=N–C) groups is 1. The quantitative estimate of drug-likeness (QED) is 0.586. The maximum Gasteiger partial charge on any atom is 0.142 e. The Bertz CT molecular complexity index is 782. The van der Waals surface area contributed by atoms with Gasteiger partial charge in [-0.2, -0.15) is 0 Å². The van der Waals surface area contributed by atoms with Crippen molar-refractivity contribution in [1.29, 1.82) is 0 Å². The highest BCUT2D eigenvalue weighted by molar-refractivity contribution is 5.78. The Balaban J connectivity index is 2.59. The van der Waals surface area contributed by atoms with Crippen LogP contribution in [0, 0.1) is 35.0 Å². The summed E-state index contributed by atoms with van der Waals surface area (Å²) < 4.78 is 0. The number of allylic oxidation sites excluding steroid dienone is 1. The first kappa shape index (κ1) is 25.5. The summed E-state index contributed by atoms with van der Waals surface area (Å²) in [5.41, 5.74) is 2.22. The maximum absolute atomic E-state index is 5.14. The summed E-state index contributed by atoms with van der Waals surface area (Å²) in [4.78, 5) is 14.8. The molecule has 0 bridgehead atoms. The highest BCUT2D eigenvalue weighted by atomic mass is 15.3. The molecule has 0 aromatic carbocycles. The number of rotatable bonds is 7. The summed E-state index contributed by atoms with van der Waals surface area (Å²) >= 11 is 0. The summed E-state index contributed by atoms with van der Waals surface area (Å²) in [6, 6.07) is 0.399. The van der Waals surface area contributed by atoms with E-state index >= 15 is 0 Å². The number of hydrogen-bond acceptors (Lipinski definition) is 5. The van der Waals surface area contributed by atoms with Crippen LogP contribution in [0.1, 0.15) is 41.0 Å². The van der Waals surface area contributed by atoms with Crippen LogP contribution < -0.4 is 0 Å². The fourth-order valence-electron chi connectivity index (χ4n) is 4.67. The molecule has 2 heterocycles. The smallest absolute Gasteiger partial charge is 0.142 e. The molecule has 0 N–H and O–H groups in total. The van der Waals surface area contributed by atoms with Crippen LogP contribution in [-0.2, 0) is 0 Å². The third-order valence-electron chi connectivity index (χ3n) is 6.65. The molecule has 172 valence electrons. The minimum Gasteiger partial charge on any atom is -0.372 e. The first-order valence-corrected chi connectivity index (χ1v) is 11.6. The van der Waals surface area contributed by atoms with E-state index in [1.54, 1.807) is 0 Å². The highest BCUT2D eigenvalue weighted by Gasteiger charge is 2.41. The lowest BCUT2D eigenvalue weighted by Gasteiger charge is -2.46. The Kier molecular flexibility index (Phi) is 9.19. The molecule has 0 aliphatic carbocycles. The molecule has 0 spiro atoms. The van der Waals surface area contributed by atoms with Crippen molar-refractivity contribution >= 4 is 6.21 Å². The van der Waals surface area contributed by atoms with Crippen molar-refractivity contribution in [3.8, 4) is 23.7 Å². The van der Waals surface area contributed by atoms with Gasteiger partial charge in [0, 0.05) is 51.4 Å². The van der Waals surface area contributed by atoms with E-state index in [1.165, 1.54) is 11.3 Å². The molecule has 5 nitrogen and oxygen atoms in total. The van der Waals surface area contributed by atoms with E-state index in [4.69, 9.17) is 4.99 Å². The molecule has 2 aliphatic rings. The van der Waals surface area contributed by atoms with E-state index in [9.17, 15) is 0 Å². The molecule has 5 heteroatoms. The van der Waals surface area contributed by atoms with Crippen LogP contribution in [0.4, 0.5) is 0 Å². The van der Waals surface area contributed by atoms with Crippen LogP contribution in [0.2, 0.25) is 0 Å². The number of likely N-dealkylation sites (N-methyl/N-ethyl adjacent to an activating group) is 2. The predicted octanol–water partition coefficient (Wildman–Crippen LogP) is 2.86. The lowest BCUT2D eigenvalue weighted by molar-refractivity contribution is 0.106. The van der Waals surface area contributed by atoms with Gasteiger partial charge in [0.15, 0.2) is 0 Å². The Morgan fingerprint density at radius 3 is 2.32 bits per heavy atom. The number of piperazine rings is 1. The van der Waals surface area contributed by atoms with Crippen LogP contribution in [0.5, 0.6) is 0 Å². The third kappa shape index (κ3) is 6.13. The van der Waals surface area contributed by atoms with E-state index in [1.807, 2.05) is 13.8 Å². The van der Waals surface area contributed by atoms with Crippen LogP contribution in [0.25, 0.3) is 0 Å². The molecule has 2 aliphatic heterocycles. The van der Waals surface area contributed by atoms with E-state index in [0.29, 0.717) is 6.04 Å². The second-order valence-electron chi connectivity index (χ2n) is 9.54. The van der Waals surface area contributed by atoms with E-state index < -0.39 is 5.41 Å². The van der Waals surface area contributed by atoms with Gasteiger partial charge < -0.3 is 14.7 Å². The molecule has 0 aromatic rings. The van der Waals surface area contributed by atoms with Crippen LogP contribution in [0.3, 0.4) is 0 Å². The SMILES string of the molecule is CC#CC(C)C1=C(N(C)C(C)CCN(C)C)C(N2CCN(C)CC2)N=CC1(C)C#CC. The van der Waals surface area contributed by atoms with Gasteiger partial charge in [-0.3, -0.25) is 9.89 Å². The lowest BCUT2D eigenvalue weighted by Crippen LogP contribution is -2.53. The average molecular weight is 426 g/mol. The highest BCUT2D eigenvalue weighted by Crippen LogP contribution is 2.40. The van der Waals surface area contributed by atoms with Crippen molar-refractivity contribution in [3.63, 3.8) is 0 Å². The van der Waals surface area contributed by atoms with Gasteiger partial charge >= 0.3 is 0 Å². The molecule has 31 heavy (non-hydrogen) atoms. The van der Waals surface area contributed by atoms with Gasteiger partial charge in [0.25, 0.3) is 0 Å². The summed E-state index contributed by atoms with van der Waals surface area (Å²) in [5, 5.41) is 0. The van der Waals surface area contributed by atoms with E-state index in [0.717, 1.165) is 39.1 Å². The minimum absolute atomic E-state index is 0.0309. The standard InChI is InChI=1S/C26H43N5/c1-10-12-21(3)23-24(30(9)22(4)13-15-28(6)7)25(27-20-26(23,5)14-11-2)31-18-16-29(8)17-19-31/h20-22,25H,13,15-19H2,1-9H3. The zero-order chi connectivity index (χ0) is 23.2. The summed E-state index contributed by atoms with van der Waals surface area (Å²) in [5.74, 6) is 13.3. The van der Waals surface area contributed by atoms with Gasteiger partial charge in [-0.25, -0.2) is 0 Å². The molecular formula is C26H43N5. The van der Waals surface area contributed by atoms with Crippen molar-refractivity contribution in [2.24, 2.45) is 16.3 Å². The third-order valence-corrected chi connectivity index (χ3v) is 6.65. The average Bonchev–Trinajstić information content (AvgIpc) is 2.72. The zero-order valence-corrected chi connectivity index (χ0v) is 21.3. The van der Waals surface area contributed by atoms with Crippen LogP contribution in [-0.4, -0.2) is 98.9 Å². The summed E-state index contributed by atoms with van der Waals surface area (Å²) in [7, 11) is 8.72. The number of hydrogen-bond donors (Lipinski definition) is 0. The molecular weight excluding hydrogens is 382 g/mol. The first-order valence-electron chi connectivity index (χ1n) is 11.6. The maximum atomic E-state index is 5.14. The van der Waals surface area contributed by atoms with Gasteiger partial charge in [0.05, 0.1) is 11.1 Å². The number of dihydropyridines is 1. The van der Waals surface area contributed by atoms with Gasteiger partial charge in [-0.15, -0.1) is 11.8 Å². The van der Waals surface area contributed by atoms with Crippen molar-refractivity contribution < 1.29 is 0 Å². The van der Waals surface area contributed by atoms with Gasteiger partial charge in [-0.05, 0) is 74.3 Å². The molecule has 0 radical (unpaired) electrons. The fraction of sp³-hybridized carbons (Fsp3) is 0.731. The summed E-state index contributed by atoms with van der Waals surface area (Å²) in [6.07, 6.45) is 3.23. The first-order chi connectivity index (χ1) is 14.6. The summed E-state index contributed by atoms with van der Waals surface area (Å²) in [6.45, 7) is 15.9. The molecule has 1 saturated heterocycles. The Morgan fingerprint density at radius 1 is 1.13 bits per heavy atom. The lowest BCUT2D eigenvalue weighted by atomic mass is 9.74. The molecule has 0 aromatic heterocycles. The normalized spacial score (nSPS) is 26.7.